The second-order valence-corrected chi connectivity index (χ2v) is 11.6. The maximum atomic E-state index is 13.7. The molecule has 0 spiro atoms. The number of amides is 2. The van der Waals surface area contributed by atoms with Gasteiger partial charge >= 0.3 is 12.1 Å². The van der Waals surface area contributed by atoms with Crippen LogP contribution in [0.5, 0.6) is 5.75 Å². The lowest BCUT2D eigenvalue weighted by molar-refractivity contribution is -0.153. The number of fused-ring (bicyclic) bond motifs is 1. The van der Waals surface area contributed by atoms with Gasteiger partial charge < -0.3 is 19.5 Å². The molecule has 0 bridgehead atoms. The van der Waals surface area contributed by atoms with Crippen LogP contribution < -0.4 is 10.1 Å². The summed E-state index contributed by atoms with van der Waals surface area (Å²) in [5, 5.41) is 3.04. The second kappa shape index (κ2) is 14.3. The van der Waals surface area contributed by atoms with E-state index >= 15 is 0 Å². The molecule has 1 unspecified atom stereocenters. The Hall–Kier alpha value is -3.59. The van der Waals surface area contributed by atoms with E-state index in [0.717, 1.165) is 16.7 Å². The summed E-state index contributed by atoms with van der Waals surface area (Å²) in [6.45, 7) is 13.5. The highest BCUT2D eigenvalue weighted by Crippen LogP contribution is 2.33. The smallest absolute Gasteiger partial charge is 0.410 e. The number of methoxy groups -OCH3 is 1. The van der Waals surface area contributed by atoms with Crippen molar-refractivity contribution in [3.05, 3.63) is 65.2 Å². The van der Waals surface area contributed by atoms with Gasteiger partial charge in [-0.25, -0.2) is 4.79 Å². The SMILES string of the molecule is COC(=O)C(C)(C)COC(=O)N1CCc2cc(OCc3ccccc3)ccc2C1C(=O)NCCN(C(C)C)C(C)C. The van der Waals surface area contributed by atoms with Gasteiger partial charge in [-0.1, -0.05) is 36.4 Å². The molecule has 0 aliphatic carbocycles. The van der Waals surface area contributed by atoms with E-state index in [2.05, 4.69) is 37.9 Å². The number of benzene rings is 2. The maximum Gasteiger partial charge on any atom is 0.410 e. The largest absolute Gasteiger partial charge is 0.489 e. The lowest BCUT2D eigenvalue weighted by atomic mass is 9.92. The fourth-order valence-electron chi connectivity index (χ4n) is 5.09. The minimum atomic E-state index is -1.02. The summed E-state index contributed by atoms with van der Waals surface area (Å²) in [7, 11) is 1.30. The lowest BCUT2D eigenvalue weighted by Gasteiger charge is -2.36. The first kappa shape index (κ1) is 31.9. The topological polar surface area (TPSA) is 97.4 Å². The van der Waals surface area contributed by atoms with Crippen LogP contribution in [-0.4, -0.2) is 73.2 Å². The molecule has 0 saturated carbocycles. The standard InChI is InChI=1S/C32H45N3O6/c1-22(2)34(23(3)4)18-16-33-29(36)28-27-14-13-26(40-20-24-11-9-8-10-12-24)19-25(27)15-17-35(28)31(38)41-21-32(5,6)30(37)39-7/h8-14,19,22-23,28H,15-18,20-21H2,1-7H3,(H,33,36). The number of hydrogen-bond acceptors (Lipinski definition) is 7. The Balaban J connectivity index is 1.80. The molecule has 0 radical (unpaired) electrons. The summed E-state index contributed by atoms with van der Waals surface area (Å²) in [5.41, 5.74) is 1.72. The van der Waals surface area contributed by atoms with Crippen molar-refractivity contribution in [2.75, 3.05) is 33.4 Å². The molecule has 0 fully saturated rings. The zero-order valence-corrected chi connectivity index (χ0v) is 25.4. The summed E-state index contributed by atoms with van der Waals surface area (Å²) < 4.78 is 16.4. The molecule has 2 amide bonds. The van der Waals surface area contributed by atoms with Gasteiger partial charge in [0, 0.05) is 31.7 Å². The molecule has 9 nitrogen and oxygen atoms in total. The normalized spacial score (nSPS) is 15.1. The Morgan fingerprint density at radius 3 is 2.37 bits per heavy atom. The minimum absolute atomic E-state index is 0.166. The van der Waals surface area contributed by atoms with Crippen molar-refractivity contribution in [2.24, 2.45) is 5.41 Å². The highest BCUT2D eigenvalue weighted by Gasteiger charge is 2.38. The summed E-state index contributed by atoms with van der Waals surface area (Å²) in [6, 6.07) is 15.3. The van der Waals surface area contributed by atoms with Gasteiger partial charge in [-0.2, -0.15) is 0 Å². The van der Waals surface area contributed by atoms with Gasteiger partial charge in [-0.15, -0.1) is 0 Å². The average Bonchev–Trinajstić information content (AvgIpc) is 2.95. The number of nitrogens with one attached hydrogen (secondary N) is 1. The molecule has 0 saturated heterocycles. The molecule has 1 N–H and O–H groups in total. The lowest BCUT2D eigenvalue weighted by Crippen LogP contribution is -2.49. The summed E-state index contributed by atoms with van der Waals surface area (Å²) in [6.07, 6.45) is -0.116. The molecule has 1 aliphatic heterocycles. The minimum Gasteiger partial charge on any atom is -0.489 e. The van der Waals surface area contributed by atoms with Gasteiger partial charge in [-0.3, -0.25) is 19.4 Å². The molecule has 1 aliphatic rings. The van der Waals surface area contributed by atoms with E-state index in [4.69, 9.17) is 14.2 Å². The summed E-state index contributed by atoms with van der Waals surface area (Å²) >= 11 is 0. The third-order valence-corrected chi connectivity index (χ3v) is 7.36. The van der Waals surface area contributed by atoms with Crippen molar-refractivity contribution in [3.8, 4) is 5.75 Å². The molecule has 224 valence electrons. The van der Waals surface area contributed by atoms with Crippen LogP contribution in [-0.2, 0) is 32.1 Å². The van der Waals surface area contributed by atoms with Crippen molar-refractivity contribution in [1.82, 2.24) is 15.1 Å². The third kappa shape index (κ3) is 8.45. The van der Waals surface area contributed by atoms with Gasteiger partial charge in [0.1, 0.15) is 25.0 Å². The Kier molecular flexibility index (Phi) is 11.2. The molecular formula is C32H45N3O6. The maximum absolute atomic E-state index is 13.7. The van der Waals surface area contributed by atoms with Gasteiger partial charge in [0.05, 0.1) is 12.5 Å². The first-order chi connectivity index (χ1) is 19.4. The van der Waals surface area contributed by atoms with E-state index in [0.29, 0.717) is 44.0 Å². The molecule has 2 aromatic carbocycles. The first-order valence-corrected chi connectivity index (χ1v) is 14.3. The highest BCUT2D eigenvalue weighted by atomic mass is 16.6. The van der Waals surface area contributed by atoms with Crippen LogP contribution in [0.3, 0.4) is 0 Å². The second-order valence-electron chi connectivity index (χ2n) is 11.6. The van der Waals surface area contributed by atoms with Crippen LogP contribution in [0.2, 0.25) is 0 Å². The number of nitrogens with zero attached hydrogens (tertiary/aromatic N) is 2. The van der Waals surface area contributed by atoms with Gasteiger partial charge in [0.25, 0.3) is 0 Å². The van der Waals surface area contributed by atoms with E-state index in [1.54, 1.807) is 13.8 Å². The predicted octanol–water partition coefficient (Wildman–Crippen LogP) is 4.74. The molecule has 41 heavy (non-hydrogen) atoms. The van der Waals surface area contributed by atoms with Gasteiger partial charge in [-0.05, 0) is 76.8 Å². The Morgan fingerprint density at radius 1 is 1.05 bits per heavy atom. The number of rotatable bonds is 12. The van der Waals surface area contributed by atoms with Crippen LogP contribution in [0.15, 0.2) is 48.5 Å². The average molecular weight is 568 g/mol. The van der Waals surface area contributed by atoms with E-state index in [1.807, 2.05) is 48.5 Å². The van der Waals surface area contributed by atoms with Crippen LogP contribution in [0.25, 0.3) is 0 Å². The number of ether oxygens (including phenoxy) is 3. The Bertz CT molecular complexity index is 1170. The Morgan fingerprint density at radius 2 is 1.73 bits per heavy atom. The fourth-order valence-corrected chi connectivity index (χ4v) is 5.09. The molecule has 9 heteroatoms. The summed E-state index contributed by atoms with van der Waals surface area (Å²) in [4.78, 5) is 42.8. The molecule has 1 atom stereocenters. The van der Waals surface area contributed by atoms with E-state index in [-0.39, 0.29) is 19.1 Å². The van der Waals surface area contributed by atoms with E-state index < -0.39 is 23.5 Å². The van der Waals surface area contributed by atoms with Crippen LogP contribution in [0.1, 0.15) is 64.3 Å². The quantitative estimate of drug-likeness (QED) is 0.370. The van der Waals surface area contributed by atoms with Crippen molar-refractivity contribution < 1.29 is 28.6 Å². The number of hydrogen-bond donors (Lipinski definition) is 1. The van der Waals surface area contributed by atoms with Crippen LogP contribution >= 0.6 is 0 Å². The summed E-state index contributed by atoms with van der Waals surface area (Å²) in [5.74, 6) is -0.0563. The molecule has 1 heterocycles. The monoisotopic (exact) mass is 567 g/mol. The Labute approximate surface area is 244 Å². The zero-order chi connectivity index (χ0) is 30.2. The number of carbonyl (C=O) groups excluding carboxylic acids is 3. The van der Waals surface area contributed by atoms with Crippen LogP contribution in [0, 0.1) is 5.41 Å². The van der Waals surface area contributed by atoms with E-state index in [1.165, 1.54) is 12.0 Å². The third-order valence-electron chi connectivity index (χ3n) is 7.36. The highest BCUT2D eigenvalue weighted by molar-refractivity contribution is 5.88. The molecule has 0 aromatic heterocycles. The molecule has 2 aromatic rings. The van der Waals surface area contributed by atoms with Crippen molar-refractivity contribution in [3.63, 3.8) is 0 Å². The molecular weight excluding hydrogens is 522 g/mol. The zero-order valence-electron chi connectivity index (χ0n) is 25.4. The van der Waals surface area contributed by atoms with Crippen LogP contribution in [0.4, 0.5) is 4.79 Å². The van der Waals surface area contributed by atoms with Crippen molar-refractivity contribution in [2.45, 2.75) is 72.7 Å². The fraction of sp³-hybridized carbons (Fsp3) is 0.531. The van der Waals surface area contributed by atoms with E-state index in [9.17, 15) is 14.4 Å². The van der Waals surface area contributed by atoms with Crippen molar-refractivity contribution in [1.29, 1.82) is 0 Å². The van der Waals surface area contributed by atoms with Crippen molar-refractivity contribution >= 4 is 18.0 Å². The van der Waals surface area contributed by atoms with Gasteiger partial charge in [0.2, 0.25) is 5.91 Å². The predicted molar refractivity (Wildman–Crippen MR) is 157 cm³/mol. The first-order valence-electron chi connectivity index (χ1n) is 14.3. The number of esters is 1. The number of carbonyl (C=O) groups is 3. The van der Waals surface area contributed by atoms with Gasteiger partial charge in [0.15, 0.2) is 0 Å². The molecule has 3 rings (SSSR count).